The van der Waals surface area contributed by atoms with E-state index in [9.17, 15) is 8.78 Å². The molecule has 0 fully saturated rings. The summed E-state index contributed by atoms with van der Waals surface area (Å²) >= 11 is 0. The molecule has 0 saturated carbocycles. The van der Waals surface area contributed by atoms with E-state index in [1.54, 1.807) is 16.9 Å². The number of hydrogen-bond acceptors (Lipinski definition) is 6. The van der Waals surface area contributed by atoms with E-state index in [0.717, 1.165) is 22.6 Å². The van der Waals surface area contributed by atoms with Gasteiger partial charge in [-0.25, -0.2) is 4.68 Å². The standard InChI is InChI=1S/C24H20F2N4O3/c1-16-11-19(9-10-27-16)30-20(15-31-14-17-5-3-2-4-6-17)13-23(29-30)28-18-7-8-21-22(12-18)33-24(25,26)32-21/h2-13H,14-15H2,1H3,(H,28,29). The van der Waals surface area contributed by atoms with Crippen molar-refractivity contribution in [3.8, 4) is 17.2 Å². The Kier molecular flexibility index (Phi) is 5.39. The first-order valence-electron chi connectivity index (χ1n) is 10.3. The van der Waals surface area contributed by atoms with Crippen molar-refractivity contribution in [2.75, 3.05) is 5.32 Å². The molecule has 168 valence electrons. The summed E-state index contributed by atoms with van der Waals surface area (Å²) in [7, 11) is 0. The molecular formula is C24H20F2N4O3. The lowest BCUT2D eigenvalue weighted by atomic mass is 10.2. The topological polar surface area (TPSA) is 70.4 Å². The van der Waals surface area contributed by atoms with E-state index in [0.29, 0.717) is 24.7 Å². The Balaban J connectivity index is 1.38. The number of fused-ring (bicyclic) bond motifs is 1. The molecule has 0 atom stereocenters. The molecule has 0 spiro atoms. The average molecular weight is 450 g/mol. The number of hydrogen-bond donors (Lipinski definition) is 1. The number of anilines is 2. The number of rotatable bonds is 7. The number of pyridine rings is 1. The van der Waals surface area contributed by atoms with Gasteiger partial charge in [-0.15, -0.1) is 13.9 Å². The highest BCUT2D eigenvalue weighted by Crippen LogP contribution is 2.42. The van der Waals surface area contributed by atoms with Gasteiger partial charge in [0.25, 0.3) is 0 Å². The van der Waals surface area contributed by atoms with Gasteiger partial charge in [0.1, 0.15) is 0 Å². The number of nitrogens with zero attached hydrogens (tertiary/aromatic N) is 3. The van der Waals surface area contributed by atoms with Crippen molar-refractivity contribution in [1.29, 1.82) is 0 Å². The third kappa shape index (κ3) is 4.78. The molecule has 2 aromatic carbocycles. The molecule has 0 aliphatic carbocycles. The van der Waals surface area contributed by atoms with Gasteiger partial charge in [0, 0.05) is 29.7 Å². The molecule has 0 amide bonds. The van der Waals surface area contributed by atoms with Crippen LogP contribution < -0.4 is 14.8 Å². The van der Waals surface area contributed by atoms with Crippen LogP contribution >= 0.6 is 0 Å². The van der Waals surface area contributed by atoms with Gasteiger partial charge in [0.2, 0.25) is 0 Å². The third-order valence-corrected chi connectivity index (χ3v) is 4.94. The molecule has 0 bridgehead atoms. The SMILES string of the molecule is Cc1cc(-n2nc(Nc3ccc4c(c3)OC(F)(F)O4)cc2COCc2ccccc2)ccn1. The van der Waals surface area contributed by atoms with Gasteiger partial charge >= 0.3 is 6.29 Å². The molecular weight excluding hydrogens is 430 g/mol. The predicted molar refractivity (Wildman–Crippen MR) is 117 cm³/mol. The summed E-state index contributed by atoms with van der Waals surface area (Å²) in [5, 5.41) is 7.77. The maximum atomic E-state index is 13.3. The zero-order valence-corrected chi connectivity index (χ0v) is 17.7. The highest BCUT2D eigenvalue weighted by atomic mass is 19.3. The number of aromatic nitrogens is 3. The Morgan fingerprint density at radius 1 is 0.970 bits per heavy atom. The van der Waals surface area contributed by atoms with E-state index in [1.807, 2.05) is 55.5 Å². The van der Waals surface area contributed by atoms with Crippen LogP contribution in [0.5, 0.6) is 11.5 Å². The summed E-state index contributed by atoms with van der Waals surface area (Å²) in [6.45, 7) is 2.68. The van der Waals surface area contributed by atoms with Crippen LogP contribution in [0.3, 0.4) is 0 Å². The Labute approximate surface area is 188 Å². The normalized spacial score (nSPS) is 13.8. The zero-order chi connectivity index (χ0) is 22.8. The van der Waals surface area contributed by atoms with Gasteiger partial charge in [0.05, 0.1) is 24.6 Å². The fourth-order valence-electron chi connectivity index (χ4n) is 3.49. The fourth-order valence-corrected chi connectivity index (χ4v) is 3.49. The van der Waals surface area contributed by atoms with Crippen LogP contribution in [0.2, 0.25) is 0 Å². The molecule has 1 aliphatic rings. The molecule has 7 nitrogen and oxygen atoms in total. The molecule has 1 N–H and O–H groups in total. The number of alkyl halides is 2. The molecule has 0 unspecified atom stereocenters. The molecule has 0 saturated heterocycles. The van der Waals surface area contributed by atoms with E-state index < -0.39 is 6.29 Å². The van der Waals surface area contributed by atoms with Gasteiger partial charge in [-0.3, -0.25) is 4.98 Å². The molecule has 4 aromatic rings. The van der Waals surface area contributed by atoms with E-state index >= 15 is 0 Å². The van der Waals surface area contributed by atoms with Gasteiger partial charge < -0.3 is 19.5 Å². The fraction of sp³-hybridized carbons (Fsp3) is 0.167. The van der Waals surface area contributed by atoms with Crippen LogP contribution in [-0.2, 0) is 18.0 Å². The van der Waals surface area contributed by atoms with Gasteiger partial charge in [0.15, 0.2) is 17.3 Å². The van der Waals surface area contributed by atoms with Crippen molar-refractivity contribution >= 4 is 11.5 Å². The van der Waals surface area contributed by atoms with Gasteiger partial charge in [-0.05, 0) is 36.8 Å². The summed E-state index contributed by atoms with van der Waals surface area (Å²) in [4.78, 5) is 4.24. The van der Waals surface area contributed by atoms with Crippen molar-refractivity contribution in [2.45, 2.75) is 26.4 Å². The van der Waals surface area contributed by atoms with Crippen molar-refractivity contribution in [2.24, 2.45) is 0 Å². The quantitative estimate of drug-likeness (QED) is 0.409. The first-order valence-corrected chi connectivity index (χ1v) is 10.3. The minimum Gasteiger partial charge on any atom is -0.395 e. The van der Waals surface area contributed by atoms with Crippen LogP contribution in [-0.4, -0.2) is 21.1 Å². The average Bonchev–Trinajstić information content (AvgIpc) is 3.33. The lowest BCUT2D eigenvalue weighted by Gasteiger charge is -2.09. The largest absolute Gasteiger partial charge is 0.586 e. The smallest absolute Gasteiger partial charge is 0.395 e. The molecule has 1 aliphatic heterocycles. The van der Waals surface area contributed by atoms with Crippen molar-refractivity contribution < 1.29 is 23.0 Å². The number of benzene rings is 2. The molecule has 9 heteroatoms. The minimum absolute atomic E-state index is 0.0154. The number of aryl methyl sites for hydroxylation is 1. The second-order valence-electron chi connectivity index (χ2n) is 7.52. The van der Waals surface area contributed by atoms with Crippen LogP contribution in [0.1, 0.15) is 17.0 Å². The summed E-state index contributed by atoms with van der Waals surface area (Å²) in [6, 6.07) is 20.0. The molecule has 5 rings (SSSR count). The van der Waals surface area contributed by atoms with Crippen LogP contribution in [0.25, 0.3) is 5.69 Å². The summed E-state index contributed by atoms with van der Waals surface area (Å²) in [6.07, 6.45) is -1.95. The molecule has 0 radical (unpaired) electrons. The second-order valence-corrected chi connectivity index (χ2v) is 7.52. The Morgan fingerprint density at radius 3 is 2.61 bits per heavy atom. The second kappa shape index (κ2) is 8.51. The summed E-state index contributed by atoms with van der Waals surface area (Å²) in [5.41, 5.74) is 4.09. The third-order valence-electron chi connectivity index (χ3n) is 4.94. The van der Waals surface area contributed by atoms with Crippen molar-refractivity contribution in [1.82, 2.24) is 14.8 Å². The number of ether oxygens (including phenoxy) is 3. The summed E-state index contributed by atoms with van der Waals surface area (Å²) in [5.74, 6) is 0.465. The lowest BCUT2D eigenvalue weighted by molar-refractivity contribution is -0.286. The highest BCUT2D eigenvalue weighted by molar-refractivity contribution is 5.62. The van der Waals surface area contributed by atoms with E-state index in [2.05, 4.69) is 24.9 Å². The number of nitrogens with one attached hydrogen (secondary N) is 1. The van der Waals surface area contributed by atoms with Crippen LogP contribution in [0.15, 0.2) is 72.9 Å². The predicted octanol–water partition coefficient (Wildman–Crippen LogP) is 5.36. The van der Waals surface area contributed by atoms with Gasteiger partial charge in [-0.2, -0.15) is 0 Å². The summed E-state index contributed by atoms with van der Waals surface area (Å²) < 4.78 is 43.3. The lowest BCUT2D eigenvalue weighted by Crippen LogP contribution is -2.25. The van der Waals surface area contributed by atoms with Gasteiger partial charge in [-0.1, -0.05) is 30.3 Å². The molecule has 33 heavy (non-hydrogen) atoms. The van der Waals surface area contributed by atoms with Crippen molar-refractivity contribution in [3.63, 3.8) is 0 Å². The molecule has 2 aromatic heterocycles. The van der Waals surface area contributed by atoms with E-state index in [4.69, 9.17) is 4.74 Å². The Bertz CT molecular complexity index is 1280. The monoisotopic (exact) mass is 450 g/mol. The highest BCUT2D eigenvalue weighted by Gasteiger charge is 2.43. The first kappa shape index (κ1) is 20.9. The van der Waals surface area contributed by atoms with E-state index in [1.165, 1.54) is 12.1 Å². The maximum absolute atomic E-state index is 13.3. The maximum Gasteiger partial charge on any atom is 0.586 e. The zero-order valence-electron chi connectivity index (χ0n) is 17.7. The van der Waals surface area contributed by atoms with Crippen LogP contribution in [0, 0.1) is 6.92 Å². The van der Waals surface area contributed by atoms with Crippen LogP contribution in [0.4, 0.5) is 20.3 Å². The molecule has 3 heterocycles. The Hall–Kier alpha value is -3.98. The Morgan fingerprint density at radius 2 is 1.79 bits per heavy atom. The number of halogens is 2. The minimum atomic E-state index is -3.66. The van der Waals surface area contributed by atoms with Crippen molar-refractivity contribution in [3.05, 3.63) is 89.9 Å². The van der Waals surface area contributed by atoms with E-state index in [-0.39, 0.29) is 11.5 Å². The first-order chi connectivity index (χ1) is 15.9.